The van der Waals surface area contributed by atoms with Crippen LogP contribution in [-0.2, 0) is 0 Å². The molecule has 0 fully saturated rings. The van der Waals surface area contributed by atoms with E-state index in [9.17, 15) is 15.3 Å². The van der Waals surface area contributed by atoms with Crippen molar-refractivity contribution in [2.45, 2.75) is 45.4 Å². The lowest BCUT2D eigenvalue weighted by atomic mass is 9.83. The normalized spacial score (nSPS) is 16.1. The van der Waals surface area contributed by atoms with Crippen LogP contribution >= 0.6 is 11.3 Å². The van der Waals surface area contributed by atoms with Gasteiger partial charge in [0.05, 0.1) is 33.7 Å². The van der Waals surface area contributed by atoms with Crippen LogP contribution in [-0.4, -0.2) is 4.57 Å². The molecular formula is C28H26N4OS. The maximum Gasteiger partial charge on any atom is 0.274 e. The van der Waals surface area contributed by atoms with Crippen LogP contribution in [0.15, 0.2) is 58.9 Å². The molecule has 0 aliphatic carbocycles. The summed E-state index contributed by atoms with van der Waals surface area (Å²) in [4.78, 5) is 13.3. The van der Waals surface area contributed by atoms with Crippen molar-refractivity contribution in [3.8, 4) is 12.1 Å². The average molecular weight is 467 g/mol. The second-order valence-corrected chi connectivity index (χ2v) is 10.1. The van der Waals surface area contributed by atoms with E-state index in [1.165, 1.54) is 27.0 Å². The summed E-state index contributed by atoms with van der Waals surface area (Å²) in [5, 5.41) is 20.1. The molecule has 5 nitrogen and oxygen atoms in total. The number of fused-ring (bicyclic) bond motifs is 1. The van der Waals surface area contributed by atoms with Crippen molar-refractivity contribution in [2.75, 3.05) is 0 Å². The molecule has 1 unspecified atom stereocenters. The molecular weight excluding hydrogens is 440 g/mol. The van der Waals surface area contributed by atoms with Gasteiger partial charge in [0.15, 0.2) is 0 Å². The van der Waals surface area contributed by atoms with Crippen molar-refractivity contribution in [1.82, 2.24) is 4.57 Å². The van der Waals surface area contributed by atoms with E-state index in [1.807, 2.05) is 54.6 Å². The van der Waals surface area contributed by atoms with Gasteiger partial charge in [0.2, 0.25) is 0 Å². The summed E-state index contributed by atoms with van der Waals surface area (Å²) in [5.41, 5.74) is 10.7. The minimum Gasteiger partial charge on any atom is -0.384 e. The molecule has 1 aromatic heterocycles. The first-order valence-corrected chi connectivity index (χ1v) is 12.1. The van der Waals surface area contributed by atoms with Crippen LogP contribution in [0.5, 0.6) is 0 Å². The summed E-state index contributed by atoms with van der Waals surface area (Å²) in [6, 6.07) is 20.4. The maximum absolute atomic E-state index is 13.3. The third-order valence-electron chi connectivity index (χ3n) is 6.23. The van der Waals surface area contributed by atoms with Gasteiger partial charge < -0.3 is 5.73 Å². The first kappa shape index (κ1) is 23.3. The van der Waals surface area contributed by atoms with Crippen molar-refractivity contribution < 1.29 is 0 Å². The molecule has 0 saturated heterocycles. The topological polar surface area (TPSA) is 95.6 Å². The predicted octanol–water partition coefficient (Wildman–Crippen LogP) is 4.11. The zero-order valence-electron chi connectivity index (χ0n) is 19.7. The molecule has 2 heterocycles. The number of hydrogen-bond acceptors (Lipinski definition) is 5. The van der Waals surface area contributed by atoms with Crippen LogP contribution in [0.4, 0.5) is 0 Å². The van der Waals surface area contributed by atoms with E-state index in [0.29, 0.717) is 26.6 Å². The molecule has 3 aromatic rings. The van der Waals surface area contributed by atoms with Crippen LogP contribution in [0.1, 0.15) is 67.7 Å². The molecule has 0 saturated carbocycles. The van der Waals surface area contributed by atoms with E-state index in [1.54, 1.807) is 0 Å². The number of thiazole rings is 1. The third kappa shape index (κ3) is 3.98. The van der Waals surface area contributed by atoms with E-state index in [0.717, 1.165) is 11.1 Å². The number of nitrogens with two attached hydrogens (primary N) is 1. The van der Waals surface area contributed by atoms with Gasteiger partial charge in [-0.3, -0.25) is 9.36 Å². The number of allylic oxidation sites excluding steroid dienone is 1. The summed E-state index contributed by atoms with van der Waals surface area (Å²) in [5.74, 6) is 0.270. The lowest BCUT2D eigenvalue weighted by Gasteiger charge is -2.22. The Morgan fingerprint density at radius 1 is 0.912 bits per heavy atom. The highest BCUT2D eigenvalue weighted by atomic mass is 32.1. The Kier molecular flexibility index (Phi) is 6.28. The fraction of sp³-hybridized carbons (Fsp3) is 0.250. The van der Waals surface area contributed by atoms with Gasteiger partial charge in [-0.2, -0.15) is 10.5 Å². The first-order chi connectivity index (χ1) is 16.3. The minimum atomic E-state index is -0.604. The molecule has 0 amide bonds. The summed E-state index contributed by atoms with van der Waals surface area (Å²) >= 11 is 1.23. The summed E-state index contributed by atoms with van der Waals surface area (Å²) in [6.45, 7) is 8.48. The number of nitriles is 2. The quantitative estimate of drug-likeness (QED) is 0.626. The fourth-order valence-corrected chi connectivity index (χ4v) is 5.31. The number of hydrogen-bond donors (Lipinski definition) is 1. The van der Waals surface area contributed by atoms with Gasteiger partial charge in [0.25, 0.3) is 5.56 Å². The fourth-order valence-electron chi connectivity index (χ4n) is 4.19. The minimum absolute atomic E-state index is 0.0884. The highest BCUT2D eigenvalue weighted by molar-refractivity contribution is 7.07. The molecule has 0 spiro atoms. The van der Waals surface area contributed by atoms with Gasteiger partial charge in [-0.25, -0.2) is 0 Å². The maximum atomic E-state index is 13.3. The van der Waals surface area contributed by atoms with Crippen LogP contribution in [0.3, 0.4) is 0 Å². The van der Waals surface area contributed by atoms with Crippen LogP contribution in [0.2, 0.25) is 0 Å². The third-order valence-corrected chi connectivity index (χ3v) is 7.33. The van der Waals surface area contributed by atoms with Crippen LogP contribution in [0.25, 0.3) is 17.5 Å². The molecule has 0 radical (unpaired) electrons. The molecule has 1 aliphatic heterocycles. The van der Waals surface area contributed by atoms with E-state index in [4.69, 9.17) is 5.73 Å². The Labute approximate surface area is 203 Å². The Hall–Kier alpha value is -3.87. The molecule has 1 aliphatic rings. The lowest BCUT2D eigenvalue weighted by Crippen LogP contribution is -2.38. The van der Waals surface area contributed by atoms with Gasteiger partial charge in [0.1, 0.15) is 10.5 Å². The Bertz CT molecular complexity index is 1540. The summed E-state index contributed by atoms with van der Waals surface area (Å²) < 4.78 is 2.26. The molecule has 2 N–H and O–H groups in total. The van der Waals surface area contributed by atoms with Gasteiger partial charge in [-0.05, 0) is 40.2 Å². The largest absolute Gasteiger partial charge is 0.384 e. The lowest BCUT2D eigenvalue weighted by molar-refractivity contribution is 0.861. The number of nitrogens with zero attached hydrogens (tertiary/aromatic N) is 3. The van der Waals surface area contributed by atoms with E-state index in [-0.39, 0.29) is 17.0 Å². The predicted molar refractivity (Wildman–Crippen MR) is 137 cm³/mol. The highest BCUT2D eigenvalue weighted by Crippen LogP contribution is 2.36. The zero-order chi connectivity index (χ0) is 24.6. The molecule has 4 rings (SSSR count). The highest BCUT2D eigenvalue weighted by Gasteiger charge is 2.32. The monoisotopic (exact) mass is 466 g/mol. The summed E-state index contributed by atoms with van der Waals surface area (Å²) in [7, 11) is 0. The van der Waals surface area contributed by atoms with Crippen LogP contribution < -0.4 is 20.5 Å². The first-order valence-electron chi connectivity index (χ1n) is 11.2. The van der Waals surface area contributed by atoms with Crippen LogP contribution in [0, 0.1) is 22.7 Å². The molecule has 6 heteroatoms. The van der Waals surface area contributed by atoms with Crippen molar-refractivity contribution >= 4 is 28.8 Å². The standard InChI is InChI=1S/C28H26N4OS/c1-16(2)19-7-5-18(6-8-19)13-24-27(33)32-26(31)22(14-29)25(23(15-30)28(32)34-24)21-11-9-20(10-12-21)17(3)4/h5-13,16-17,25H,31H2,1-4H3. The Morgan fingerprint density at radius 3 is 1.94 bits per heavy atom. The van der Waals surface area contributed by atoms with Crippen molar-refractivity contribution in [2.24, 2.45) is 5.73 Å². The van der Waals surface area contributed by atoms with Gasteiger partial charge >= 0.3 is 0 Å². The van der Waals surface area contributed by atoms with Crippen molar-refractivity contribution in [3.05, 3.63) is 95.9 Å². The second-order valence-electron chi connectivity index (χ2n) is 9.07. The van der Waals surface area contributed by atoms with E-state index in [2.05, 4.69) is 39.8 Å². The van der Waals surface area contributed by atoms with Gasteiger partial charge in [-0.15, -0.1) is 11.3 Å². The SMILES string of the molecule is CC(C)c1ccc(C=c2sc3n(c2=O)C(N)=C(C#N)C(c2ccc(C(C)C)cc2)C=3C#N)cc1. The molecule has 0 bridgehead atoms. The molecule has 1 atom stereocenters. The van der Waals surface area contributed by atoms with E-state index >= 15 is 0 Å². The average Bonchev–Trinajstić information content (AvgIpc) is 3.15. The number of benzene rings is 2. The molecule has 34 heavy (non-hydrogen) atoms. The van der Waals surface area contributed by atoms with E-state index < -0.39 is 5.92 Å². The smallest absolute Gasteiger partial charge is 0.274 e. The Morgan fingerprint density at radius 2 is 1.44 bits per heavy atom. The molecule has 170 valence electrons. The Balaban J connectivity index is 1.94. The van der Waals surface area contributed by atoms with Crippen molar-refractivity contribution in [3.63, 3.8) is 0 Å². The van der Waals surface area contributed by atoms with Gasteiger partial charge in [-0.1, -0.05) is 76.2 Å². The second kappa shape index (κ2) is 9.17. The zero-order valence-corrected chi connectivity index (χ0v) is 20.5. The van der Waals surface area contributed by atoms with Crippen molar-refractivity contribution in [1.29, 1.82) is 10.5 Å². The number of aromatic nitrogens is 1. The van der Waals surface area contributed by atoms with Gasteiger partial charge in [0, 0.05) is 0 Å². The summed E-state index contributed by atoms with van der Waals surface area (Å²) in [6.07, 6.45) is 1.81. The molecule has 2 aromatic carbocycles. The number of rotatable bonds is 4.